The molecule has 1 N–H and O–H groups in total. The zero-order valence-corrected chi connectivity index (χ0v) is 25.4. The lowest BCUT2D eigenvalue weighted by atomic mass is 9.58. The molecule has 1 saturated heterocycles. The van der Waals surface area contributed by atoms with Crippen LogP contribution in [0.1, 0.15) is 74.2 Å². The van der Waals surface area contributed by atoms with E-state index in [0.717, 1.165) is 73.9 Å². The van der Waals surface area contributed by atoms with Gasteiger partial charge in [-0.25, -0.2) is 4.98 Å². The van der Waals surface area contributed by atoms with Gasteiger partial charge in [0.15, 0.2) is 0 Å². The predicted octanol–water partition coefficient (Wildman–Crippen LogP) is 7.97. The van der Waals surface area contributed by atoms with Crippen molar-refractivity contribution in [2.24, 2.45) is 5.41 Å². The first-order chi connectivity index (χ1) is 20.9. The summed E-state index contributed by atoms with van der Waals surface area (Å²) in [5, 5.41) is 17.5. The minimum Gasteiger partial charge on any atom is -0.389 e. The number of aromatic nitrogens is 3. The molecule has 3 aromatic heterocycles. The number of aliphatic hydroxyl groups is 1. The second-order valence-electron chi connectivity index (χ2n) is 13.0. The van der Waals surface area contributed by atoms with Crippen molar-refractivity contribution >= 4 is 45.9 Å². The fourth-order valence-electron chi connectivity index (χ4n) is 7.26. The molecule has 2 bridgehead atoms. The van der Waals surface area contributed by atoms with Crippen LogP contribution in [0.4, 0.5) is 5.82 Å². The Morgan fingerprint density at radius 3 is 2.47 bits per heavy atom. The molecule has 4 aliphatic carbocycles. The molecule has 1 aliphatic heterocycles. The van der Waals surface area contributed by atoms with E-state index in [9.17, 15) is 5.11 Å². The van der Waals surface area contributed by atoms with Crippen LogP contribution in [0.3, 0.4) is 0 Å². The Bertz CT molecular complexity index is 1680. The van der Waals surface area contributed by atoms with Gasteiger partial charge in [-0.15, -0.1) is 0 Å². The van der Waals surface area contributed by atoms with Gasteiger partial charge in [0.05, 0.1) is 28.4 Å². The Hall–Kier alpha value is -2.97. The number of nitrogens with zero attached hydrogens (tertiary/aromatic N) is 4. The van der Waals surface area contributed by atoms with Crippen molar-refractivity contribution in [2.45, 2.75) is 75.6 Å². The molecule has 7 nitrogen and oxygen atoms in total. The van der Waals surface area contributed by atoms with Crippen molar-refractivity contribution in [1.29, 1.82) is 0 Å². The van der Waals surface area contributed by atoms with Crippen molar-refractivity contribution in [3.05, 3.63) is 75.9 Å². The molecule has 9 rings (SSSR count). The second-order valence-corrected chi connectivity index (χ2v) is 13.8. The smallest absolute Gasteiger partial charge is 0.145 e. The number of ether oxygens (including phenoxy) is 1. The van der Waals surface area contributed by atoms with Crippen LogP contribution in [0.15, 0.2) is 53.5 Å². The van der Waals surface area contributed by atoms with E-state index in [4.69, 9.17) is 32.5 Å². The molecule has 0 spiro atoms. The number of hydrogen-bond donors (Lipinski definition) is 1. The van der Waals surface area contributed by atoms with E-state index in [-0.39, 0.29) is 17.1 Å². The van der Waals surface area contributed by atoms with Crippen LogP contribution >= 0.6 is 23.2 Å². The molecule has 9 heteroatoms. The summed E-state index contributed by atoms with van der Waals surface area (Å²) >= 11 is 13.0. The van der Waals surface area contributed by atoms with Crippen LogP contribution in [0.5, 0.6) is 0 Å². The largest absolute Gasteiger partial charge is 0.389 e. The molecule has 0 amide bonds. The molecular weight excluding hydrogens is 583 g/mol. The lowest BCUT2D eigenvalue weighted by Gasteiger charge is -2.52. The third-order valence-electron chi connectivity index (χ3n) is 10.2. The van der Waals surface area contributed by atoms with Crippen molar-refractivity contribution in [2.75, 3.05) is 18.0 Å². The van der Waals surface area contributed by atoms with Crippen molar-refractivity contribution in [3.8, 4) is 11.3 Å². The summed E-state index contributed by atoms with van der Waals surface area (Å²) in [5.74, 6) is 2.27. The van der Waals surface area contributed by atoms with Gasteiger partial charge < -0.3 is 19.3 Å². The predicted molar refractivity (Wildman–Crippen MR) is 168 cm³/mol. The average molecular weight is 618 g/mol. The molecule has 4 saturated carbocycles. The van der Waals surface area contributed by atoms with Crippen molar-refractivity contribution in [1.82, 2.24) is 15.1 Å². The Morgan fingerprint density at radius 2 is 1.77 bits per heavy atom. The lowest BCUT2D eigenvalue weighted by molar-refractivity contribution is -0.133. The number of allylic oxidation sites excluding steroid dienone is 1. The minimum atomic E-state index is -0.259. The maximum absolute atomic E-state index is 9.80. The van der Waals surface area contributed by atoms with Gasteiger partial charge >= 0.3 is 0 Å². The van der Waals surface area contributed by atoms with Gasteiger partial charge in [-0.1, -0.05) is 52.6 Å². The molecule has 4 heterocycles. The van der Waals surface area contributed by atoms with Gasteiger partial charge in [0, 0.05) is 54.1 Å². The zero-order chi connectivity index (χ0) is 29.2. The molecule has 0 radical (unpaired) electrons. The van der Waals surface area contributed by atoms with E-state index < -0.39 is 0 Å². The Kier molecular flexibility index (Phi) is 6.79. The first-order valence-electron chi connectivity index (χ1n) is 15.3. The average Bonchev–Trinajstić information content (AvgIpc) is 3.78. The van der Waals surface area contributed by atoms with E-state index in [2.05, 4.69) is 56.4 Å². The Labute approximate surface area is 260 Å². The zero-order valence-electron chi connectivity index (χ0n) is 23.9. The summed E-state index contributed by atoms with van der Waals surface area (Å²) in [5.41, 5.74) is 3.60. The summed E-state index contributed by atoms with van der Waals surface area (Å²) in [6.07, 6.45) is 18.2. The number of β-amino-alcohol motifs (C(OH)–C–C–N with tert-alkyl or cyclic N) is 1. The third kappa shape index (κ3) is 5.04. The van der Waals surface area contributed by atoms with E-state index in [1.165, 1.54) is 10.9 Å². The molecule has 0 atom stereocenters. The lowest BCUT2D eigenvalue weighted by Crippen LogP contribution is -2.51. The highest BCUT2D eigenvalue weighted by molar-refractivity contribution is 6.38. The van der Waals surface area contributed by atoms with Gasteiger partial charge in [0.1, 0.15) is 17.3 Å². The van der Waals surface area contributed by atoms with Crippen LogP contribution in [0.2, 0.25) is 10.0 Å². The van der Waals surface area contributed by atoms with Gasteiger partial charge in [0.25, 0.3) is 0 Å². The molecule has 5 aliphatic rings. The minimum absolute atomic E-state index is 0.123. The molecule has 4 aromatic rings. The summed E-state index contributed by atoms with van der Waals surface area (Å²) in [4.78, 5) is 10.9. The van der Waals surface area contributed by atoms with E-state index in [0.29, 0.717) is 46.9 Å². The molecule has 222 valence electrons. The topological polar surface area (TPSA) is 84.5 Å². The highest BCUT2D eigenvalue weighted by Gasteiger charge is 2.48. The van der Waals surface area contributed by atoms with Crippen LogP contribution in [0.25, 0.3) is 28.1 Å². The SMILES string of the molecule is OC1CN(c2nccc3ccc(/C=C/C45CCC(OCc6c(-c7c(Cl)cncc7Cl)noc6C6CC6)(CC4)CC5)cc23)C1. The van der Waals surface area contributed by atoms with Crippen LogP contribution in [-0.4, -0.2) is 45.0 Å². The molecule has 1 aromatic carbocycles. The van der Waals surface area contributed by atoms with Gasteiger partial charge in [-0.05, 0) is 79.9 Å². The van der Waals surface area contributed by atoms with Crippen LogP contribution < -0.4 is 4.90 Å². The number of rotatable bonds is 8. The first kappa shape index (κ1) is 27.6. The number of hydrogen-bond acceptors (Lipinski definition) is 7. The maximum Gasteiger partial charge on any atom is 0.145 e. The fraction of sp³-hybridized carbons (Fsp3) is 0.441. The van der Waals surface area contributed by atoms with E-state index in [1.807, 2.05) is 6.20 Å². The Balaban J connectivity index is 0.978. The quantitative estimate of drug-likeness (QED) is 0.215. The van der Waals surface area contributed by atoms with E-state index >= 15 is 0 Å². The van der Waals surface area contributed by atoms with Crippen molar-refractivity contribution < 1.29 is 14.4 Å². The molecular formula is C34H34Cl2N4O3. The number of aliphatic hydroxyl groups excluding tert-OH is 1. The van der Waals surface area contributed by atoms with Gasteiger partial charge in [-0.3, -0.25) is 4.98 Å². The first-order valence-corrected chi connectivity index (χ1v) is 16.1. The summed E-state index contributed by atoms with van der Waals surface area (Å²) in [6, 6.07) is 8.66. The monoisotopic (exact) mass is 616 g/mol. The maximum atomic E-state index is 9.80. The number of fused-ring (bicyclic) bond motifs is 4. The molecule has 0 unspecified atom stereocenters. The van der Waals surface area contributed by atoms with Crippen LogP contribution in [-0.2, 0) is 11.3 Å². The number of benzene rings is 1. The fourth-order valence-corrected chi connectivity index (χ4v) is 7.80. The summed E-state index contributed by atoms with van der Waals surface area (Å²) < 4.78 is 12.7. The van der Waals surface area contributed by atoms with Crippen molar-refractivity contribution in [3.63, 3.8) is 0 Å². The normalized spacial score (nSPS) is 25.6. The molecule has 5 fully saturated rings. The highest BCUT2D eigenvalue weighted by Crippen LogP contribution is 2.55. The number of halogens is 2. The number of pyridine rings is 2. The van der Waals surface area contributed by atoms with Gasteiger partial charge in [0.2, 0.25) is 0 Å². The summed E-state index contributed by atoms with van der Waals surface area (Å²) in [6.45, 7) is 1.74. The Morgan fingerprint density at radius 1 is 1.02 bits per heavy atom. The standard InChI is InChI=1S/C34H34Cl2N4O3/c35-27-16-37-17-28(36)29(27)30-26(31(43-39-30)23-3-4-23)20-42-34-11-8-33(9-12-34,10-13-34)7-5-21-1-2-22-6-14-38-32(25(22)15-21)40-18-24(41)19-40/h1-2,5-7,14-17,23-24,41H,3-4,8-13,18-20H2/b7-5+. The highest BCUT2D eigenvalue weighted by atomic mass is 35.5. The number of anilines is 1. The molecule has 43 heavy (non-hydrogen) atoms. The summed E-state index contributed by atoms with van der Waals surface area (Å²) in [7, 11) is 0. The van der Waals surface area contributed by atoms with Crippen LogP contribution in [0, 0.1) is 5.41 Å². The van der Waals surface area contributed by atoms with Gasteiger partial charge in [-0.2, -0.15) is 0 Å². The second kappa shape index (κ2) is 10.6. The third-order valence-corrected chi connectivity index (χ3v) is 10.7. The van der Waals surface area contributed by atoms with E-state index in [1.54, 1.807) is 12.4 Å².